The molecule has 9 heteroatoms. The van der Waals surface area contributed by atoms with Crippen LogP contribution < -0.4 is 9.62 Å². The molecule has 0 aliphatic carbocycles. The normalized spacial score (nSPS) is 11.3. The first kappa shape index (κ1) is 32.2. The van der Waals surface area contributed by atoms with Gasteiger partial charge >= 0.3 is 12.1 Å². The number of hydrogen-bond acceptors (Lipinski definition) is 6. The molecular formula is C36H31F3O4S2. The van der Waals surface area contributed by atoms with E-state index in [0.29, 0.717) is 18.1 Å². The van der Waals surface area contributed by atoms with Gasteiger partial charge in [0.2, 0.25) is 0 Å². The van der Waals surface area contributed by atoms with Crippen LogP contribution in [0, 0.1) is 6.92 Å². The third kappa shape index (κ3) is 9.15. The fourth-order valence-corrected chi connectivity index (χ4v) is 6.87. The fraction of sp³-hybridized carbons (Fsp3) is 0.194. The molecule has 4 nitrogen and oxygen atoms in total. The summed E-state index contributed by atoms with van der Waals surface area (Å²) in [5.41, 5.74) is 4.35. The Morgan fingerprint density at radius 1 is 0.844 bits per heavy atom. The highest BCUT2D eigenvalue weighted by molar-refractivity contribution is 7.98. The van der Waals surface area contributed by atoms with Crippen LogP contribution in [-0.4, -0.2) is 5.97 Å². The minimum Gasteiger partial charge on any atom is -0.489 e. The predicted molar refractivity (Wildman–Crippen MR) is 173 cm³/mol. The summed E-state index contributed by atoms with van der Waals surface area (Å²) in [6.07, 6.45) is -2.49. The molecule has 0 unspecified atom stereocenters. The van der Waals surface area contributed by atoms with E-state index >= 15 is 0 Å². The van der Waals surface area contributed by atoms with Gasteiger partial charge in [-0.1, -0.05) is 54.6 Å². The summed E-state index contributed by atoms with van der Waals surface area (Å²) < 4.78 is 45.6. The van der Waals surface area contributed by atoms with Gasteiger partial charge < -0.3 is 4.74 Å². The van der Waals surface area contributed by atoms with Crippen LogP contribution in [0.25, 0.3) is 10.4 Å². The number of rotatable bonds is 12. The van der Waals surface area contributed by atoms with Crippen LogP contribution in [-0.2, 0) is 41.1 Å². The maximum atomic E-state index is 13.1. The second kappa shape index (κ2) is 14.7. The number of benzene rings is 4. The Bertz CT molecular complexity index is 1710. The van der Waals surface area contributed by atoms with Crippen molar-refractivity contribution in [2.45, 2.75) is 50.1 Å². The summed E-state index contributed by atoms with van der Waals surface area (Å²) in [5.74, 6) is 1.29. The quantitative estimate of drug-likeness (QED) is 0.0765. The van der Waals surface area contributed by atoms with E-state index < -0.39 is 17.7 Å². The van der Waals surface area contributed by atoms with Crippen LogP contribution >= 0.6 is 23.1 Å². The van der Waals surface area contributed by atoms with Gasteiger partial charge in [0.05, 0.1) is 5.56 Å². The molecular weight excluding hydrogens is 618 g/mol. The molecule has 45 heavy (non-hydrogen) atoms. The molecule has 0 bridgehead atoms. The molecule has 4 aromatic carbocycles. The SMILES string of the molecule is CC(=O)OOc1ccc(SCc2sc(-c3ccc(C(F)(F)F)cc3)cc2COc2ccc(CCc3ccccc3)cc2)cc1C. The summed E-state index contributed by atoms with van der Waals surface area (Å²) in [5, 5.41) is 0. The zero-order chi connectivity index (χ0) is 31.8. The van der Waals surface area contributed by atoms with Crippen molar-refractivity contribution in [2.75, 3.05) is 0 Å². The lowest BCUT2D eigenvalue weighted by Gasteiger charge is -2.10. The smallest absolute Gasteiger partial charge is 0.416 e. The van der Waals surface area contributed by atoms with Crippen molar-refractivity contribution < 1.29 is 32.5 Å². The second-order valence-corrected chi connectivity index (χ2v) is 12.6. The Morgan fingerprint density at radius 3 is 2.18 bits per heavy atom. The minimum atomic E-state index is -4.39. The van der Waals surface area contributed by atoms with Crippen molar-refractivity contribution in [3.63, 3.8) is 0 Å². The number of alkyl halides is 3. The Labute approximate surface area is 268 Å². The van der Waals surface area contributed by atoms with Gasteiger partial charge in [-0.15, -0.1) is 23.1 Å². The average Bonchev–Trinajstić information content (AvgIpc) is 3.45. The van der Waals surface area contributed by atoms with E-state index in [9.17, 15) is 18.0 Å². The predicted octanol–water partition coefficient (Wildman–Crippen LogP) is 10.3. The standard InChI is InChI=1S/C36H31F3O4S2/c1-24-20-32(18-19-33(24)43-42-25(2)40)44-23-35-29(21-34(45-35)28-12-14-30(15-13-28)36(37,38)39)22-41-31-16-10-27(11-17-31)9-8-26-6-4-3-5-7-26/h3-7,10-21H,8-9,22-23H2,1-2H3. The molecule has 5 rings (SSSR count). The number of hydrogen-bond donors (Lipinski definition) is 0. The Morgan fingerprint density at radius 2 is 1.53 bits per heavy atom. The molecule has 1 aromatic heterocycles. The first-order chi connectivity index (χ1) is 21.6. The number of ether oxygens (including phenoxy) is 1. The molecule has 232 valence electrons. The van der Waals surface area contributed by atoms with Crippen LogP contribution in [0.5, 0.6) is 11.5 Å². The molecule has 0 amide bonds. The van der Waals surface area contributed by atoms with Gasteiger partial charge in [0, 0.05) is 32.9 Å². The monoisotopic (exact) mass is 648 g/mol. The first-order valence-electron chi connectivity index (χ1n) is 14.3. The van der Waals surface area contributed by atoms with Gasteiger partial charge in [-0.05, 0) is 90.6 Å². The van der Waals surface area contributed by atoms with E-state index in [4.69, 9.17) is 9.62 Å². The van der Waals surface area contributed by atoms with Crippen LogP contribution in [0.3, 0.4) is 0 Å². The summed E-state index contributed by atoms with van der Waals surface area (Å²) in [4.78, 5) is 23.7. The molecule has 0 spiro atoms. The molecule has 5 aromatic rings. The molecule has 0 atom stereocenters. The molecule has 0 saturated heterocycles. The zero-order valence-electron chi connectivity index (χ0n) is 24.7. The lowest BCUT2D eigenvalue weighted by molar-refractivity contribution is -0.211. The third-order valence-corrected chi connectivity index (χ3v) is 9.45. The van der Waals surface area contributed by atoms with Crippen LogP contribution in [0.4, 0.5) is 13.2 Å². The highest BCUT2D eigenvalue weighted by atomic mass is 32.2. The summed E-state index contributed by atoms with van der Waals surface area (Å²) in [7, 11) is 0. The Kier molecular flexibility index (Phi) is 10.5. The van der Waals surface area contributed by atoms with E-state index in [2.05, 4.69) is 29.2 Å². The van der Waals surface area contributed by atoms with E-state index in [1.165, 1.54) is 30.2 Å². The number of thiophene rings is 1. The number of carbonyl (C=O) groups is 1. The number of halogens is 3. The van der Waals surface area contributed by atoms with Crippen molar-refractivity contribution in [1.29, 1.82) is 0 Å². The number of thioether (sulfide) groups is 1. The van der Waals surface area contributed by atoms with Gasteiger partial charge in [0.25, 0.3) is 0 Å². The van der Waals surface area contributed by atoms with Crippen LogP contribution in [0.2, 0.25) is 0 Å². The first-order valence-corrected chi connectivity index (χ1v) is 16.1. The van der Waals surface area contributed by atoms with E-state index in [1.54, 1.807) is 29.2 Å². The largest absolute Gasteiger partial charge is 0.489 e. The second-order valence-electron chi connectivity index (χ2n) is 10.4. The summed E-state index contributed by atoms with van der Waals surface area (Å²) >= 11 is 3.16. The molecule has 0 saturated carbocycles. The topological polar surface area (TPSA) is 44.8 Å². The van der Waals surface area contributed by atoms with E-state index in [0.717, 1.165) is 62.1 Å². The molecule has 0 fully saturated rings. The average molecular weight is 649 g/mol. The third-order valence-electron chi connectivity index (χ3n) is 7.02. The lowest BCUT2D eigenvalue weighted by atomic mass is 10.0. The number of carbonyl (C=O) groups excluding carboxylic acids is 1. The van der Waals surface area contributed by atoms with Gasteiger partial charge in [-0.25, -0.2) is 4.79 Å². The highest BCUT2D eigenvalue weighted by Gasteiger charge is 2.30. The summed E-state index contributed by atoms with van der Waals surface area (Å²) in [6.45, 7) is 3.45. The molecule has 0 aliphatic rings. The molecule has 0 aliphatic heterocycles. The maximum Gasteiger partial charge on any atom is 0.416 e. The van der Waals surface area contributed by atoms with E-state index in [-0.39, 0.29) is 0 Å². The van der Waals surface area contributed by atoms with Crippen molar-refractivity contribution in [2.24, 2.45) is 0 Å². The molecule has 1 heterocycles. The summed E-state index contributed by atoms with van der Waals surface area (Å²) in [6, 6.07) is 31.3. The zero-order valence-corrected chi connectivity index (χ0v) is 26.4. The van der Waals surface area contributed by atoms with Crippen LogP contribution in [0.15, 0.2) is 108 Å². The van der Waals surface area contributed by atoms with Gasteiger partial charge in [0.15, 0.2) is 5.75 Å². The minimum absolute atomic E-state index is 0.324. The number of aryl methyl sites for hydroxylation is 3. The van der Waals surface area contributed by atoms with Crippen LogP contribution in [0.1, 0.15) is 39.6 Å². The fourth-order valence-electron chi connectivity index (χ4n) is 4.58. The molecule has 0 N–H and O–H groups in total. The van der Waals surface area contributed by atoms with Crippen molar-refractivity contribution in [3.8, 4) is 21.9 Å². The Hall–Kier alpha value is -4.21. The van der Waals surface area contributed by atoms with Crippen molar-refractivity contribution in [3.05, 3.63) is 136 Å². The maximum absolute atomic E-state index is 13.1. The van der Waals surface area contributed by atoms with Crippen molar-refractivity contribution >= 4 is 29.1 Å². The van der Waals surface area contributed by atoms with Gasteiger partial charge in [0.1, 0.15) is 12.4 Å². The highest BCUT2D eigenvalue weighted by Crippen LogP contribution is 2.38. The van der Waals surface area contributed by atoms with E-state index in [1.807, 2.05) is 55.5 Å². The molecule has 0 radical (unpaired) electrons. The lowest BCUT2D eigenvalue weighted by Crippen LogP contribution is -2.03. The van der Waals surface area contributed by atoms with Gasteiger partial charge in [-0.3, -0.25) is 9.78 Å². The van der Waals surface area contributed by atoms with Crippen molar-refractivity contribution in [1.82, 2.24) is 0 Å². The Balaban J connectivity index is 1.29. The van der Waals surface area contributed by atoms with Gasteiger partial charge in [-0.2, -0.15) is 13.2 Å².